The van der Waals surface area contributed by atoms with Crippen molar-refractivity contribution in [2.45, 2.75) is 77.5 Å². The lowest BCUT2D eigenvalue weighted by Crippen LogP contribution is -2.46. The Balaban J connectivity index is 2.13. The van der Waals surface area contributed by atoms with Crippen LogP contribution in [0.5, 0.6) is 5.75 Å². The van der Waals surface area contributed by atoms with Gasteiger partial charge in [-0.3, -0.25) is 0 Å². The van der Waals surface area contributed by atoms with E-state index in [4.69, 9.17) is 9.47 Å². The summed E-state index contributed by atoms with van der Waals surface area (Å²) in [6.07, 6.45) is 6.98. The van der Waals surface area contributed by atoms with E-state index in [0.29, 0.717) is 13.2 Å². The number of β-amino-alcohol motifs (C(OH)–C–C–N with tert-alkyl or cyclic N) is 1. The first kappa shape index (κ1) is 23.9. The molecule has 0 saturated carbocycles. The Bertz CT molecular complexity index is 476. The lowest BCUT2D eigenvalue weighted by Gasteiger charge is -2.25. The molecular formula is C22H39NO4. The number of rotatable bonds is 16. The fourth-order valence-electron chi connectivity index (χ4n) is 2.58. The molecule has 0 bridgehead atoms. The van der Waals surface area contributed by atoms with Gasteiger partial charge in [-0.25, -0.2) is 0 Å². The molecule has 0 aliphatic heterocycles. The molecule has 0 radical (unpaired) electrons. The first-order chi connectivity index (χ1) is 13.0. The van der Waals surface area contributed by atoms with Crippen molar-refractivity contribution in [1.29, 1.82) is 0 Å². The lowest BCUT2D eigenvalue weighted by atomic mass is 10.1. The predicted octanol–water partition coefficient (Wildman–Crippen LogP) is 3.66. The molecule has 27 heavy (non-hydrogen) atoms. The van der Waals surface area contributed by atoms with Crippen LogP contribution in [0.3, 0.4) is 0 Å². The van der Waals surface area contributed by atoms with E-state index in [1.54, 1.807) is 0 Å². The largest absolute Gasteiger partial charge is 0.494 e. The van der Waals surface area contributed by atoms with Gasteiger partial charge in [-0.15, -0.1) is 0 Å². The van der Waals surface area contributed by atoms with Gasteiger partial charge in [0.1, 0.15) is 5.75 Å². The van der Waals surface area contributed by atoms with Gasteiger partial charge < -0.3 is 25.0 Å². The average Bonchev–Trinajstić information content (AvgIpc) is 2.67. The maximum atomic E-state index is 9.93. The molecule has 0 aliphatic carbocycles. The zero-order valence-electron chi connectivity index (χ0n) is 17.4. The summed E-state index contributed by atoms with van der Waals surface area (Å²) in [7, 11) is 0. The number of ether oxygens (including phenoxy) is 2. The maximum Gasteiger partial charge on any atom is 0.119 e. The second kappa shape index (κ2) is 13.9. The Labute approximate surface area is 165 Å². The third kappa shape index (κ3) is 12.0. The third-order valence-electron chi connectivity index (χ3n) is 4.48. The lowest BCUT2D eigenvalue weighted by molar-refractivity contribution is 0.0236. The summed E-state index contributed by atoms with van der Waals surface area (Å²) in [4.78, 5) is 0. The van der Waals surface area contributed by atoms with E-state index < -0.39 is 11.6 Å². The Morgan fingerprint density at radius 3 is 2.37 bits per heavy atom. The van der Waals surface area contributed by atoms with Gasteiger partial charge in [0.25, 0.3) is 0 Å². The van der Waals surface area contributed by atoms with Crippen LogP contribution in [0.2, 0.25) is 0 Å². The quantitative estimate of drug-likeness (QED) is 0.381. The second-order valence-corrected chi connectivity index (χ2v) is 7.85. The number of unbranched alkanes of at least 4 members (excludes halogenated alkanes) is 5. The zero-order chi connectivity index (χ0) is 20.0. The molecular weight excluding hydrogens is 342 g/mol. The first-order valence-electron chi connectivity index (χ1n) is 10.3. The minimum absolute atomic E-state index is 0.0217. The Hall–Kier alpha value is -1.14. The van der Waals surface area contributed by atoms with E-state index in [-0.39, 0.29) is 13.2 Å². The molecule has 1 aromatic carbocycles. The van der Waals surface area contributed by atoms with Crippen molar-refractivity contribution in [1.82, 2.24) is 5.32 Å². The molecule has 0 heterocycles. The molecule has 1 aromatic rings. The van der Waals surface area contributed by atoms with Crippen molar-refractivity contribution in [3.8, 4) is 5.75 Å². The topological polar surface area (TPSA) is 71.0 Å². The number of aliphatic hydroxyl groups is 2. The highest BCUT2D eigenvalue weighted by atomic mass is 16.5. The van der Waals surface area contributed by atoms with Crippen LogP contribution < -0.4 is 10.1 Å². The van der Waals surface area contributed by atoms with Crippen LogP contribution in [0.4, 0.5) is 0 Å². The fourth-order valence-corrected chi connectivity index (χ4v) is 2.58. The van der Waals surface area contributed by atoms with Crippen molar-refractivity contribution in [3.05, 3.63) is 29.8 Å². The highest BCUT2D eigenvalue weighted by Crippen LogP contribution is 2.14. The predicted molar refractivity (Wildman–Crippen MR) is 110 cm³/mol. The molecule has 0 fully saturated rings. The summed E-state index contributed by atoms with van der Waals surface area (Å²) in [5.41, 5.74) is 0.657. The molecule has 3 N–H and O–H groups in total. The molecule has 0 spiro atoms. The summed E-state index contributed by atoms with van der Waals surface area (Å²) >= 11 is 0. The molecule has 1 unspecified atom stereocenters. The summed E-state index contributed by atoms with van der Waals surface area (Å²) in [5.74, 6) is 0.891. The van der Waals surface area contributed by atoms with Crippen molar-refractivity contribution >= 4 is 0 Å². The molecule has 1 rings (SSSR count). The number of hydrogen-bond acceptors (Lipinski definition) is 5. The van der Waals surface area contributed by atoms with Gasteiger partial charge in [0.15, 0.2) is 0 Å². The maximum absolute atomic E-state index is 9.93. The van der Waals surface area contributed by atoms with Crippen LogP contribution in [-0.2, 0) is 11.3 Å². The van der Waals surface area contributed by atoms with Crippen LogP contribution in [0.25, 0.3) is 0 Å². The van der Waals surface area contributed by atoms with Crippen molar-refractivity contribution in [2.24, 2.45) is 0 Å². The van der Waals surface area contributed by atoms with Crippen molar-refractivity contribution in [3.63, 3.8) is 0 Å². The van der Waals surface area contributed by atoms with Gasteiger partial charge in [-0.2, -0.15) is 0 Å². The third-order valence-corrected chi connectivity index (χ3v) is 4.48. The Morgan fingerprint density at radius 2 is 1.70 bits per heavy atom. The molecule has 0 saturated heterocycles. The number of aliphatic hydroxyl groups excluding tert-OH is 2. The Kier molecular flexibility index (Phi) is 12.3. The van der Waals surface area contributed by atoms with Crippen LogP contribution in [0.15, 0.2) is 24.3 Å². The zero-order valence-corrected chi connectivity index (χ0v) is 17.4. The monoisotopic (exact) mass is 381 g/mol. The van der Waals surface area contributed by atoms with Crippen molar-refractivity contribution < 1.29 is 19.7 Å². The molecule has 5 nitrogen and oxygen atoms in total. The summed E-state index contributed by atoms with van der Waals surface area (Å²) in [5, 5.41) is 22.2. The average molecular weight is 382 g/mol. The number of hydrogen-bond donors (Lipinski definition) is 3. The summed E-state index contributed by atoms with van der Waals surface area (Å²) in [6.45, 7) is 7.89. The standard InChI is InChI=1S/C22H39NO4/c1-4-5-6-7-8-9-14-27-21-12-10-19(11-13-21)16-26-17-20(25)15-23-22(2,3)18-24/h10-13,20,23-25H,4-9,14-18H2,1-3H3. The molecule has 5 heteroatoms. The normalized spacial score (nSPS) is 12.9. The number of nitrogens with one attached hydrogen (secondary N) is 1. The van der Waals surface area contributed by atoms with Crippen molar-refractivity contribution in [2.75, 3.05) is 26.4 Å². The van der Waals surface area contributed by atoms with Crippen LogP contribution in [0, 0.1) is 0 Å². The summed E-state index contributed by atoms with van der Waals surface area (Å²) < 4.78 is 11.3. The molecule has 156 valence electrons. The fraction of sp³-hybridized carbons (Fsp3) is 0.727. The molecule has 1 atom stereocenters. The van der Waals surface area contributed by atoms with Crippen LogP contribution in [0.1, 0.15) is 64.9 Å². The van der Waals surface area contributed by atoms with E-state index in [1.807, 2.05) is 38.1 Å². The first-order valence-corrected chi connectivity index (χ1v) is 10.3. The van der Waals surface area contributed by atoms with E-state index >= 15 is 0 Å². The van der Waals surface area contributed by atoms with Crippen LogP contribution >= 0.6 is 0 Å². The van der Waals surface area contributed by atoms with Gasteiger partial charge in [0.2, 0.25) is 0 Å². The minimum atomic E-state index is -0.601. The molecule has 0 amide bonds. The molecule has 0 aromatic heterocycles. The van der Waals surface area contributed by atoms with Gasteiger partial charge >= 0.3 is 0 Å². The van der Waals surface area contributed by atoms with E-state index in [0.717, 1.165) is 24.3 Å². The van der Waals surface area contributed by atoms with E-state index in [2.05, 4.69) is 12.2 Å². The summed E-state index contributed by atoms with van der Waals surface area (Å²) in [6, 6.07) is 7.93. The smallest absolute Gasteiger partial charge is 0.119 e. The van der Waals surface area contributed by atoms with Crippen LogP contribution in [-0.4, -0.2) is 48.2 Å². The molecule has 0 aliphatic rings. The van der Waals surface area contributed by atoms with E-state index in [1.165, 1.54) is 32.1 Å². The van der Waals surface area contributed by atoms with Gasteiger partial charge in [0, 0.05) is 12.1 Å². The van der Waals surface area contributed by atoms with Gasteiger partial charge in [-0.1, -0.05) is 51.2 Å². The highest BCUT2D eigenvalue weighted by molar-refractivity contribution is 5.26. The second-order valence-electron chi connectivity index (χ2n) is 7.85. The number of benzene rings is 1. The van der Waals surface area contributed by atoms with Gasteiger partial charge in [-0.05, 0) is 38.0 Å². The van der Waals surface area contributed by atoms with E-state index in [9.17, 15) is 10.2 Å². The van der Waals surface area contributed by atoms with Gasteiger partial charge in [0.05, 0.1) is 32.5 Å². The minimum Gasteiger partial charge on any atom is -0.494 e. The highest BCUT2D eigenvalue weighted by Gasteiger charge is 2.17. The SMILES string of the molecule is CCCCCCCCOc1ccc(COCC(O)CNC(C)(C)CO)cc1. The Morgan fingerprint density at radius 1 is 1.04 bits per heavy atom.